The molecule has 3 aromatic rings. The van der Waals surface area contributed by atoms with Gasteiger partial charge in [0.15, 0.2) is 11.5 Å². The zero-order valence-electron chi connectivity index (χ0n) is 17.2. The number of imide groups is 1. The van der Waals surface area contributed by atoms with Crippen LogP contribution in [-0.4, -0.2) is 47.1 Å². The Morgan fingerprint density at radius 1 is 1.12 bits per heavy atom. The van der Waals surface area contributed by atoms with E-state index in [9.17, 15) is 14.4 Å². The fourth-order valence-corrected chi connectivity index (χ4v) is 4.02. The largest absolute Gasteiger partial charge is 0.454 e. The van der Waals surface area contributed by atoms with Crippen LogP contribution < -0.4 is 20.1 Å². The second kappa shape index (κ2) is 8.26. The third kappa shape index (κ3) is 3.84. The van der Waals surface area contributed by atoms with Crippen LogP contribution in [0.15, 0.2) is 48.7 Å². The first-order valence-electron chi connectivity index (χ1n) is 10.4. The van der Waals surface area contributed by atoms with Gasteiger partial charge in [-0.1, -0.05) is 24.3 Å². The molecule has 0 saturated carbocycles. The molecule has 0 bridgehead atoms. The normalized spacial score (nSPS) is 17.1. The van der Waals surface area contributed by atoms with E-state index in [2.05, 4.69) is 15.6 Å². The van der Waals surface area contributed by atoms with Gasteiger partial charge in [-0.3, -0.25) is 14.5 Å². The van der Waals surface area contributed by atoms with E-state index in [-0.39, 0.29) is 25.7 Å². The summed E-state index contributed by atoms with van der Waals surface area (Å²) in [4.78, 5) is 41.7. The summed E-state index contributed by atoms with van der Waals surface area (Å²) >= 11 is 0. The first-order chi connectivity index (χ1) is 15.6. The topological polar surface area (TPSA) is 113 Å². The lowest BCUT2D eigenvalue weighted by Gasteiger charge is -2.13. The van der Waals surface area contributed by atoms with E-state index in [1.54, 1.807) is 18.2 Å². The number of nitrogens with zero attached hydrogens (tertiary/aromatic N) is 1. The molecule has 3 N–H and O–H groups in total. The Bertz CT molecular complexity index is 1200. The molecule has 32 heavy (non-hydrogen) atoms. The molecule has 1 atom stereocenters. The Balaban J connectivity index is 1.14. The number of H-pyrrole nitrogens is 1. The van der Waals surface area contributed by atoms with E-state index in [1.807, 2.05) is 30.5 Å². The van der Waals surface area contributed by atoms with Crippen molar-refractivity contribution in [2.75, 3.05) is 13.3 Å². The predicted molar refractivity (Wildman–Crippen MR) is 115 cm³/mol. The molecule has 0 aliphatic carbocycles. The standard InChI is InChI=1S/C23H22N4O5/c28-21(24-8-7-15-11-25-17-4-2-1-3-16(15)17)10-18-22(29)27(23(30)26-18)12-14-5-6-19-20(9-14)32-13-31-19/h1-6,9,11,18,25H,7-8,10,12-13H2,(H,24,28)(H,26,30)/t18-/m0/s1. The van der Waals surface area contributed by atoms with Gasteiger partial charge in [-0.2, -0.15) is 0 Å². The van der Waals surface area contributed by atoms with Crippen molar-refractivity contribution in [3.05, 3.63) is 59.8 Å². The Labute approximate surface area is 183 Å². The maximum absolute atomic E-state index is 12.7. The number of para-hydroxylation sites is 1. The molecule has 2 aliphatic rings. The molecule has 3 heterocycles. The Hall–Kier alpha value is -4.01. The van der Waals surface area contributed by atoms with Crippen molar-refractivity contribution in [2.24, 2.45) is 0 Å². The van der Waals surface area contributed by atoms with Gasteiger partial charge in [0.25, 0.3) is 5.91 Å². The Kier molecular flexibility index (Phi) is 5.14. The number of nitrogens with one attached hydrogen (secondary N) is 3. The number of ether oxygens (including phenoxy) is 2. The molecule has 2 aromatic carbocycles. The number of hydrogen-bond donors (Lipinski definition) is 3. The molecule has 4 amide bonds. The maximum Gasteiger partial charge on any atom is 0.325 e. The van der Waals surface area contributed by atoms with Gasteiger partial charge in [0, 0.05) is 23.6 Å². The highest BCUT2D eigenvalue weighted by atomic mass is 16.7. The van der Waals surface area contributed by atoms with E-state index in [4.69, 9.17) is 9.47 Å². The van der Waals surface area contributed by atoms with Gasteiger partial charge in [0.2, 0.25) is 12.7 Å². The van der Waals surface area contributed by atoms with Crippen molar-refractivity contribution in [3.63, 3.8) is 0 Å². The first-order valence-corrected chi connectivity index (χ1v) is 10.4. The van der Waals surface area contributed by atoms with E-state index in [0.29, 0.717) is 24.5 Å². The smallest absolute Gasteiger partial charge is 0.325 e. The lowest BCUT2D eigenvalue weighted by atomic mass is 10.1. The Morgan fingerprint density at radius 2 is 1.97 bits per heavy atom. The third-order valence-corrected chi connectivity index (χ3v) is 5.67. The highest BCUT2D eigenvalue weighted by molar-refractivity contribution is 6.05. The molecule has 164 valence electrons. The molecule has 5 rings (SSSR count). The monoisotopic (exact) mass is 434 g/mol. The van der Waals surface area contributed by atoms with Crippen LogP contribution >= 0.6 is 0 Å². The predicted octanol–water partition coefficient (Wildman–Crippen LogP) is 2.07. The molecule has 0 unspecified atom stereocenters. The molecule has 1 saturated heterocycles. The minimum atomic E-state index is -0.871. The molecule has 0 spiro atoms. The van der Waals surface area contributed by atoms with Crippen LogP contribution in [-0.2, 0) is 22.6 Å². The fourth-order valence-electron chi connectivity index (χ4n) is 4.02. The summed E-state index contributed by atoms with van der Waals surface area (Å²) in [6.45, 7) is 0.690. The van der Waals surface area contributed by atoms with Gasteiger partial charge in [0.1, 0.15) is 6.04 Å². The second-order valence-corrected chi connectivity index (χ2v) is 7.78. The summed E-state index contributed by atoms with van der Waals surface area (Å²) < 4.78 is 10.6. The molecular formula is C23H22N4O5. The summed E-state index contributed by atoms with van der Waals surface area (Å²) in [5.41, 5.74) is 2.90. The lowest BCUT2D eigenvalue weighted by molar-refractivity contribution is -0.131. The number of carbonyl (C=O) groups is 3. The molecule has 9 nitrogen and oxygen atoms in total. The first kappa shape index (κ1) is 19.9. The Morgan fingerprint density at radius 3 is 2.88 bits per heavy atom. The molecule has 1 fully saturated rings. The van der Waals surface area contributed by atoms with Crippen molar-refractivity contribution in [1.82, 2.24) is 20.5 Å². The fraction of sp³-hybridized carbons (Fsp3) is 0.261. The number of rotatable bonds is 7. The summed E-state index contributed by atoms with van der Waals surface area (Å²) in [6.07, 6.45) is 2.50. The summed E-state index contributed by atoms with van der Waals surface area (Å²) in [5.74, 6) is 0.515. The zero-order valence-corrected chi connectivity index (χ0v) is 17.2. The van der Waals surface area contributed by atoms with Crippen LogP contribution in [0.4, 0.5) is 4.79 Å². The SMILES string of the molecule is O=C(C[C@@H]1NC(=O)N(Cc2ccc3c(c2)OCO3)C1=O)NCCc1c[nH]c2ccccc12. The molecular weight excluding hydrogens is 412 g/mol. The highest BCUT2D eigenvalue weighted by Crippen LogP contribution is 2.33. The number of benzene rings is 2. The summed E-state index contributed by atoms with van der Waals surface area (Å²) in [6, 6.07) is 11.9. The number of aromatic amines is 1. The van der Waals surface area contributed by atoms with Gasteiger partial charge in [-0.05, 0) is 35.7 Å². The second-order valence-electron chi connectivity index (χ2n) is 7.78. The number of urea groups is 1. The van der Waals surface area contributed by atoms with Crippen molar-refractivity contribution < 1.29 is 23.9 Å². The number of amides is 4. The quantitative estimate of drug-likeness (QED) is 0.493. The van der Waals surface area contributed by atoms with Crippen molar-refractivity contribution >= 4 is 28.7 Å². The van der Waals surface area contributed by atoms with Crippen LogP contribution in [0.3, 0.4) is 0 Å². The van der Waals surface area contributed by atoms with E-state index >= 15 is 0 Å². The average Bonchev–Trinajstić information content (AvgIpc) is 3.48. The van der Waals surface area contributed by atoms with Crippen molar-refractivity contribution in [3.8, 4) is 11.5 Å². The molecule has 9 heteroatoms. The van der Waals surface area contributed by atoms with Crippen LogP contribution in [0.2, 0.25) is 0 Å². The summed E-state index contributed by atoms with van der Waals surface area (Å²) in [7, 11) is 0. The van der Waals surface area contributed by atoms with Gasteiger partial charge in [-0.15, -0.1) is 0 Å². The molecule has 1 aromatic heterocycles. The zero-order chi connectivity index (χ0) is 22.1. The van der Waals surface area contributed by atoms with E-state index in [0.717, 1.165) is 26.9 Å². The number of carbonyl (C=O) groups excluding carboxylic acids is 3. The highest BCUT2D eigenvalue weighted by Gasteiger charge is 2.39. The maximum atomic E-state index is 12.7. The minimum Gasteiger partial charge on any atom is -0.454 e. The van der Waals surface area contributed by atoms with Crippen LogP contribution in [0.25, 0.3) is 10.9 Å². The third-order valence-electron chi connectivity index (χ3n) is 5.67. The molecule has 0 radical (unpaired) electrons. The van der Waals surface area contributed by atoms with E-state index in [1.165, 1.54) is 0 Å². The van der Waals surface area contributed by atoms with Crippen LogP contribution in [0.1, 0.15) is 17.5 Å². The van der Waals surface area contributed by atoms with Gasteiger partial charge < -0.3 is 25.1 Å². The van der Waals surface area contributed by atoms with Gasteiger partial charge in [-0.25, -0.2) is 4.79 Å². The minimum absolute atomic E-state index is 0.0972. The molecule has 2 aliphatic heterocycles. The number of hydrogen-bond acceptors (Lipinski definition) is 5. The number of fused-ring (bicyclic) bond motifs is 2. The lowest BCUT2D eigenvalue weighted by Crippen LogP contribution is -2.37. The van der Waals surface area contributed by atoms with E-state index < -0.39 is 18.0 Å². The van der Waals surface area contributed by atoms with Crippen molar-refractivity contribution in [1.29, 1.82) is 0 Å². The van der Waals surface area contributed by atoms with Gasteiger partial charge >= 0.3 is 6.03 Å². The van der Waals surface area contributed by atoms with Crippen LogP contribution in [0.5, 0.6) is 11.5 Å². The van der Waals surface area contributed by atoms with Gasteiger partial charge in [0.05, 0.1) is 13.0 Å². The van der Waals surface area contributed by atoms with Crippen LogP contribution in [0, 0.1) is 0 Å². The number of aromatic nitrogens is 1. The summed E-state index contributed by atoms with van der Waals surface area (Å²) in [5, 5.41) is 6.56. The average molecular weight is 434 g/mol. The van der Waals surface area contributed by atoms with Crippen molar-refractivity contribution in [2.45, 2.75) is 25.4 Å².